The lowest BCUT2D eigenvalue weighted by Gasteiger charge is -2.11. The van der Waals surface area contributed by atoms with E-state index in [0.717, 1.165) is 22.7 Å². The third-order valence-corrected chi connectivity index (χ3v) is 4.59. The van der Waals surface area contributed by atoms with Crippen molar-refractivity contribution in [1.82, 2.24) is 20.2 Å². The van der Waals surface area contributed by atoms with E-state index in [-0.39, 0.29) is 0 Å². The van der Waals surface area contributed by atoms with Crippen molar-refractivity contribution in [1.29, 1.82) is 0 Å². The molecule has 0 unspecified atom stereocenters. The van der Waals surface area contributed by atoms with Crippen LogP contribution in [0.3, 0.4) is 0 Å². The molecule has 2 aromatic carbocycles. The minimum Gasteiger partial charge on any atom is -0.496 e. The van der Waals surface area contributed by atoms with E-state index in [1.54, 1.807) is 23.6 Å². The van der Waals surface area contributed by atoms with Gasteiger partial charge < -0.3 is 9.47 Å². The Morgan fingerprint density at radius 3 is 2.76 bits per heavy atom. The Morgan fingerprint density at radius 2 is 1.96 bits per heavy atom. The van der Waals surface area contributed by atoms with Crippen molar-refractivity contribution in [3.63, 3.8) is 0 Å². The summed E-state index contributed by atoms with van der Waals surface area (Å²) in [7, 11) is 1.68. The number of aryl methyl sites for hydroxylation is 1. The molecule has 0 atom stereocenters. The smallest absolute Gasteiger partial charge is 0.214 e. The van der Waals surface area contributed by atoms with Crippen molar-refractivity contribution in [2.24, 2.45) is 0 Å². The van der Waals surface area contributed by atoms with Crippen LogP contribution in [0.25, 0.3) is 5.69 Å². The maximum absolute atomic E-state index is 5.69. The number of benzene rings is 2. The summed E-state index contributed by atoms with van der Waals surface area (Å²) in [4.78, 5) is 0. The van der Waals surface area contributed by atoms with Gasteiger partial charge in [0.1, 0.15) is 17.2 Å². The Morgan fingerprint density at radius 1 is 1.12 bits per heavy atom. The molecule has 6 nitrogen and oxygen atoms in total. The van der Waals surface area contributed by atoms with Gasteiger partial charge >= 0.3 is 0 Å². The molecule has 1 aromatic heterocycles. The van der Waals surface area contributed by atoms with Crippen LogP contribution in [-0.4, -0.2) is 33.9 Å². The normalized spacial score (nSPS) is 10.7. The number of hydrogen-bond acceptors (Lipinski definition) is 6. The van der Waals surface area contributed by atoms with Crippen LogP contribution in [0, 0.1) is 6.92 Å². The van der Waals surface area contributed by atoms with Crippen molar-refractivity contribution in [3.8, 4) is 17.2 Å². The molecule has 0 radical (unpaired) electrons. The van der Waals surface area contributed by atoms with Gasteiger partial charge in [-0.1, -0.05) is 41.6 Å². The zero-order chi connectivity index (χ0) is 17.6. The predicted molar refractivity (Wildman–Crippen MR) is 97.6 cm³/mol. The summed E-state index contributed by atoms with van der Waals surface area (Å²) in [5.74, 6) is 2.33. The fraction of sp³-hybridized carbons (Fsp3) is 0.278. The summed E-state index contributed by atoms with van der Waals surface area (Å²) in [5.41, 5.74) is 3.13. The van der Waals surface area contributed by atoms with Crippen molar-refractivity contribution in [2.75, 3.05) is 13.7 Å². The van der Waals surface area contributed by atoms with Gasteiger partial charge in [0, 0.05) is 11.3 Å². The van der Waals surface area contributed by atoms with Crippen molar-refractivity contribution in [2.45, 2.75) is 24.8 Å². The second kappa shape index (κ2) is 8.02. The van der Waals surface area contributed by atoms with Crippen molar-refractivity contribution in [3.05, 3.63) is 53.6 Å². The second-order valence-corrected chi connectivity index (χ2v) is 6.32. The zero-order valence-corrected chi connectivity index (χ0v) is 15.3. The van der Waals surface area contributed by atoms with Crippen LogP contribution in [0.4, 0.5) is 0 Å². The molecule has 0 aliphatic carbocycles. The van der Waals surface area contributed by atoms with Crippen LogP contribution in [0.15, 0.2) is 47.6 Å². The number of thioether (sulfide) groups is 1. The van der Waals surface area contributed by atoms with E-state index in [9.17, 15) is 0 Å². The Hall–Kier alpha value is -2.54. The minimum absolute atomic E-state index is 0.585. The molecular formula is C18H20N4O2S. The Kier molecular flexibility index (Phi) is 5.55. The maximum Gasteiger partial charge on any atom is 0.214 e. The largest absolute Gasteiger partial charge is 0.496 e. The first-order chi connectivity index (χ1) is 12.2. The van der Waals surface area contributed by atoms with Gasteiger partial charge in [-0.2, -0.15) is 4.68 Å². The zero-order valence-electron chi connectivity index (χ0n) is 14.5. The van der Waals surface area contributed by atoms with Crippen LogP contribution in [-0.2, 0) is 5.75 Å². The number of aromatic nitrogens is 4. The molecule has 0 aliphatic heterocycles. The molecule has 7 heteroatoms. The van der Waals surface area contributed by atoms with Crippen LogP contribution in [0.1, 0.15) is 18.1 Å². The molecular weight excluding hydrogens is 336 g/mol. The average Bonchev–Trinajstić information content (AvgIpc) is 3.09. The molecule has 0 saturated heterocycles. The Bertz CT molecular complexity index is 851. The molecule has 130 valence electrons. The summed E-state index contributed by atoms with van der Waals surface area (Å²) in [6.07, 6.45) is 0. The number of methoxy groups -OCH3 is 1. The van der Waals surface area contributed by atoms with Crippen LogP contribution in [0.5, 0.6) is 11.5 Å². The molecule has 3 rings (SSSR count). The fourth-order valence-electron chi connectivity index (χ4n) is 2.49. The summed E-state index contributed by atoms with van der Waals surface area (Å²) in [6, 6.07) is 13.9. The van der Waals surface area contributed by atoms with Gasteiger partial charge in [0.25, 0.3) is 0 Å². The summed E-state index contributed by atoms with van der Waals surface area (Å²) in [5, 5.41) is 12.8. The average molecular weight is 356 g/mol. The quantitative estimate of drug-likeness (QED) is 0.602. The third kappa shape index (κ3) is 3.93. The molecule has 0 aliphatic rings. The first kappa shape index (κ1) is 17.3. The molecule has 25 heavy (non-hydrogen) atoms. The first-order valence-corrected chi connectivity index (χ1v) is 8.98. The van der Waals surface area contributed by atoms with Gasteiger partial charge in [-0.3, -0.25) is 0 Å². The van der Waals surface area contributed by atoms with E-state index in [4.69, 9.17) is 9.47 Å². The lowest BCUT2D eigenvalue weighted by Crippen LogP contribution is -2.03. The van der Waals surface area contributed by atoms with E-state index < -0.39 is 0 Å². The van der Waals surface area contributed by atoms with Crippen LogP contribution >= 0.6 is 11.8 Å². The van der Waals surface area contributed by atoms with Gasteiger partial charge in [0.15, 0.2) is 0 Å². The van der Waals surface area contributed by atoms with E-state index in [1.165, 1.54) is 5.56 Å². The van der Waals surface area contributed by atoms with E-state index in [2.05, 4.69) is 28.5 Å². The number of nitrogens with zero attached hydrogens (tertiary/aromatic N) is 4. The maximum atomic E-state index is 5.69. The summed E-state index contributed by atoms with van der Waals surface area (Å²) >= 11 is 1.56. The third-order valence-electron chi connectivity index (χ3n) is 3.63. The molecule has 0 saturated carbocycles. The SMILES string of the molecule is CCOc1ccccc1-n1nnnc1SCc1cc(C)ccc1OC. The minimum atomic E-state index is 0.585. The standard InChI is InChI=1S/C18H20N4O2S/c1-4-24-17-8-6-5-7-15(17)22-18(19-20-21-22)25-12-14-11-13(2)9-10-16(14)23-3/h5-11H,4,12H2,1-3H3. The molecule has 0 fully saturated rings. The molecule has 1 heterocycles. The van der Waals surface area contributed by atoms with Crippen LogP contribution in [0.2, 0.25) is 0 Å². The number of ether oxygens (including phenoxy) is 2. The first-order valence-electron chi connectivity index (χ1n) is 7.99. The molecule has 0 amide bonds. The van der Waals surface area contributed by atoms with Gasteiger partial charge in [-0.05, 0) is 42.5 Å². The number of hydrogen-bond donors (Lipinski definition) is 0. The van der Waals surface area contributed by atoms with Crippen molar-refractivity contribution < 1.29 is 9.47 Å². The monoisotopic (exact) mass is 356 g/mol. The highest BCUT2D eigenvalue weighted by atomic mass is 32.2. The predicted octanol–water partition coefficient (Wildman–Crippen LogP) is 3.67. The number of tetrazole rings is 1. The van der Waals surface area contributed by atoms with E-state index >= 15 is 0 Å². The lowest BCUT2D eigenvalue weighted by molar-refractivity contribution is 0.337. The topological polar surface area (TPSA) is 62.1 Å². The molecule has 0 N–H and O–H groups in total. The Labute approximate surface area is 151 Å². The van der Waals surface area contributed by atoms with Crippen molar-refractivity contribution >= 4 is 11.8 Å². The molecule has 0 spiro atoms. The summed E-state index contributed by atoms with van der Waals surface area (Å²) < 4.78 is 12.8. The highest BCUT2D eigenvalue weighted by molar-refractivity contribution is 7.98. The van der Waals surface area contributed by atoms with Gasteiger partial charge in [0.2, 0.25) is 5.16 Å². The fourth-order valence-corrected chi connectivity index (χ4v) is 3.35. The molecule has 3 aromatic rings. The highest BCUT2D eigenvalue weighted by Gasteiger charge is 2.14. The lowest BCUT2D eigenvalue weighted by atomic mass is 10.1. The number of rotatable bonds is 7. The van der Waals surface area contributed by atoms with E-state index in [0.29, 0.717) is 17.5 Å². The van der Waals surface area contributed by atoms with Gasteiger partial charge in [-0.15, -0.1) is 5.10 Å². The van der Waals surface area contributed by atoms with Gasteiger partial charge in [-0.25, -0.2) is 0 Å². The highest BCUT2D eigenvalue weighted by Crippen LogP contribution is 2.30. The Balaban J connectivity index is 1.85. The van der Waals surface area contributed by atoms with Gasteiger partial charge in [0.05, 0.1) is 13.7 Å². The van der Waals surface area contributed by atoms with E-state index in [1.807, 2.05) is 43.3 Å². The van der Waals surface area contributed by atoms with Crippen LogP contribution < -0.4 is 9.47 Å². The molecule has 0 bridgehead atoms. The second-order valence-electron chi connectivity index (χ2n) is 5.38. The summed E-state index contributed by atoms with van der Waals surface area (Å²) in [6.45, 7) is 4.61. The number of para-hydroxylation sites is 2.